The van der Waals surface area contributed by atoms with E-state index < -0.39 is 0 Å². The molecule has 0 aromatic carbocycles. The van der Waals surface area contributed by atoms with Crippen LogP contribution in [0, 0.1) is 0 Å². The van der Waals surface area contributed by atoms with Crippen molar-refractivity contribution >= 4 is 11.9 Å². The predicted octanol–water partition coefficient (Wildman–Crippen LogP) is 0.124. The van der Waals surface area contributed by atoms with Gasteiger partial charge in [-0.1, -0.05) is 0 Å². The number of rotatable bonds is 4. The lowest BCUT2D eigenvalue weighted by Crippen LogP contribution is -2.50. The summed E-state index contributed by atoms with van der Waals surface area (Å²) in [5, 5.41) is 2.80. The summed E-state index contributed by atoms with van der Waals surface area (Å²) in [7, 11) is 2.90. The number of ether oxygens (including phenoxy) is 2. The maximum atomic E-state index is 13.0. The van der Waals surface area contributed by atoms with Crippen molar-refractivity contribution in [1.82, 2.24) is 25.1 Å². The van der Waals surface area contributed by atoms with Gasteiger partial charge in [-0.2, -0.15) is 0 Å². The van der Waals surface area contributed by atoms with E-state index in [0.717, 1.165) is 12.8 Å². The van der Waals surface area contributed by atoms with E-state index in [9.17, 15) is 9.59 Å². The Bertz CT molecular complexity index is 616. The molecule has 1 unspecified atom stereocenters. The van der Waals surface area contributed by atoms with Crippen molar-refractivity contribution in [2.45, 2.75) is 18.9 Å². The minimum absolute atomic E-state index is 0.0202. The number of hydrogen-bond acceptors (Lipinski definition) is 6. The van der Waals surface area contributed by atoms with E-state index in [-0.39, 0.29) is 35.3 Å². The highest BCUT2D eigenvalue weighted by molar-refractivity contribution is 5.98. The molecule has 0 radical (unpaired) electrons. The molecular weight excluding hydrogens is 314 g/mol. The number of hydrogen-bond donors (Lipinski definition) is 1. The summed E-state index contributed by atoms with van der Waals surface area (Å²) in [6.45, 7) is 2.42. The van der Waals surface area contributed by atoms with Gasteiger partial charge >= 0.3 is 6.03 Å². The number of nitrogens with zero attached hydrogens (tertiary/aromatic N) is 4. The molecule has 2 aliphatic rings. The Balaban J connectivity index is 1.81. The van der Waals surface area contributed by atoms with Crippen LogP contribution < -0.4 is 14.8 Å². The molecule has 1 N–H and O–H groups in total. The predicted molar refractivity (Wildman–Crippen MR) is 84.2 cm³/mol. The zero-order valence-corrected chi connectivity index (χ0v) is 13.8. The van der Waals surface area contributed by atoms with Crippen LogP contribution in [0.1, 0.15) is 23.2 Å². The first-order valence-electron chi connectivity index (χ1n) is 7.92. The third-order valence-corrected chi connectivity index (χ3v) is 4.39. The molecule has 9 nitrogen and oxygen atoms in total. The lowest BCUT2D eigenvalue weighted by atomic mass is 10.0. The van der Waals surface area contributed by atoms with Gasteiger partial charge in [-0.15, -0.1) is 0 Å². The van der Waals surface area contributed by atoms with Gasteiger partial charge in [0.05, 0.1) is 20.3 Å². The van der Waals surface area contributed by atoms with E-state index in [1.807, 2.05) is 0 Å². The smallest absolute Gasteiger partial charge is 0.317 e. The van der Waals surface area contributed by atoms with Crippen molar-refractivity contribution < 1.29 is 19.1 Å². The van der Waals surface area contributed by atoms with Crippen LogP contribution in [0.15, 0.2) is 6.33 Å². The third-order valence-electron chi connectivity index (χ3n) is 4.39. The number of urea groups is 1. The van der Waals surface area contributed by atoms with Crippen molar-refractivity contribution in [3.05, 3.63) is 11.9 Å². The van der Waals surface area contributed by atoms with Gasteiger partial charge in [0.1, 0.15) is 6.33 Å². The van der Waals surface area contributed by atoms with Crippen LogP contribution in [-0.2, 0) is 0 Å². The molecule has 3 rings (SSSR count). The number of nitrogens with one attached hydrogen (secondary N) is 1. The van der Waals surface area contributed by atoms with E-state index in [4.69, 9.17) is 9.47 Å². The summed E-state index contributed by atoms with van der Waals surface area (Å²) in [6, 6.07) is -0.0423. The highest BCUT2D eigenvalue weighted by Crippen LogP contribution is 2.27. The minimum Gasteiger partial charge on any atom is -0.480 e. The van der Waals surface area contributed by atoms with Crippen LogP contribution in [0.5, 0.6) is 11.8 Å². The third kappa shape index (κ3) is 2.93. The fourth-order valence-corrected chi connectivity index (χ4v) is 3.23. The molecule has 1 atom stereocenters. The van der Waals surface area contributed by atoms with Gasteiger partial charge in [-0.3, -0.25) is 4.79 Å². The number of methoxy groups -OCH3 is 2. The standard InChI is InChI=1S/C15H21N5O4/c1-23-12-11(13(24-2)18-9-17-12)14(21)19-6-3-4-10(8-19)20-7-5-16-15(20)22/h9-10H,3-8H2,1-2H3,(H,16,22). The number of carbonyl (C=O) groups is 2. The lowest BCUT2D eigenvalue weighted by Gasteiger charge is -2.37. The summed E-state index contributed by atoms with van der Waals surface area (Å²) in [4.78, 5) is 36.3. The summed E-state index contributed by atoms with van der Waals surface area (Å²) in [6.07, 6.45) is 3.01. The molecule has 0 aliphatic carbocycles. The summed E-state index contributed by atoms with van der Waals surface area (Å²) in [5.41, 5.74) is 0.217. The second kappa shape index (κ2) is 6.90. The van der Waals surface area contributed by atoms with Gasteiger partial charge in [0.2, 0.25) is 11.8 Å². The molecular formula is C15H21N5O4. The molecule has 9 heteroatoms. The van der Waals surface area contributed by atoms with Gasteiger partial charge in [0, 0.05) is 26.2 Å². The van der Waals surface area contributed by atoms with Crippen molar-refractivity contribution in [3.63, 3.8) is 0 Å². The topological polar surface area (TPSA) is 96.9 Å². The fraction of sp³-hybridized carbons (Fsp3) is 0.600. The summed E-state index contributed by atoms with van der Waals surface area (Å²) >= 11 is 0. The number of carbonyl (C=O) groups excluding carboxylic acids is 2. The fourth-order valence-electron chi connectivity index (χ4n) is 3.23. The average Bonchev–Trinajstić information content (AvgIpc) is 3.06. The first kappa shape index (κ1) is 16.3. The second-order valence-electron chi connectivity index (χ2n) is 5.74. The molecule has 0 bridgehead atoms. The molecule has 3 heterocycles. The van der Waals surface area contributed by atoms with Crippen LogP contribution in [0.3, 0.4) is 0 Å². The number of piperidine rings is 1. The number of likely N-dealkylation sites (tertiary alicyclic amines) is 1. The van der Waals surface area contributed by atoms with Crippen LogP contribution >= 0.6 is 0 Å². The van der Waals surface area contributed by atoms with Crippen LogP contribution in [0.25, 0.3) is 0 Å². The molecule has 1 aromatic rings. The first-order chi connectivity index (χ1) is 11.7. The maximum Gasteiger partial charge on any atom is 0.317 e. The lowest BCUT2D eigenvalue weighted by molar-refractivity contribution is 0.0626. The Morgan fingerprint density at radius 1 is 1.25 bits per heavy atom. The van der Waals surface area contributed by atoms with Gasteiger partial charge in [-0.05, 0) is 12.8 Å². The van der Waals surface area contributed by atoms with Gasteiger partial charge < -0.3 is 24.6 Å². The van der Waals surface area contributed by atoms with E-state index in [1.165, 1.54) is 20.5 Å². The molecule has 0 saturated carbocycles. The summed E-state index contributed by atoms with van der Waals surface area (Å²) < 4.78 is 10.4. The van der Waals surface area contributed by atoms with Crippen molar-refractivity contribution in [2.24, 2.45) is 0 Å². The number of amides is 3. The SMILES string of the molecule is COc1ncnc(OC)c1C(=O)N1CCCC(N2CCNC2=O)C1. The van der Waals surface area contributed by atoms with Crippen molar-refractivity contribution in [1.29, 1.82) is 0 Å². The molecule has 2 fully saturated rings. The quantitative estimate of drug-likeness (QED) is 0.840. The Morgan fingerprint density at radius 3 is 2.54 bits per heavy atom. The summed E-state index contributed by atoms with van der Waals surface area (Å²) in [5.74, 6) is 0.134. The van der Waals surface area contributed by atoms with Crippen LogP contribution in [0.2, 0.25) is 0 Å². The monoisotopic (exact) mass is 335 g/mol. The molecule has 2 saturated heterocycles. The Kier molecular flexibility index (Phi) is 4.68. The van der Waals surface area contributed by atoms with E-state index in [0.29, 0.717) is 26.2 Å². The highest BCUT2D eigenvalue weighted by atomic mass is 16.5. The van der Waals surface area contributed by atoms with Gasteiger partial charge in [0.25, 0.3) is 5.91 Å². The first-order valence-corrected chi connectivity index (χ1v) is 7.92. The Hall–Kier alpha value is -2.58. The van der Waals surface area contributed by atoms with E-state index >= 15 is 0 Å². The largest absolute Gasteiger partial charge is 0.480 e. The molecule has 1 aromatic heterocycles. The highest BCUT2D eigenvalue weighted by Gasteiger charge is 2.35. The molecule has 24 heavy (non-hydrogen) atoms. The molecule has 130 valence electrons. The molecule has 0 spiro atoms. The zero-order valence-electron chi connectivity index (χ0n) is 13.8. The van der Waals surface area contributed by atoms with Gasteiger partial charge in [0.15, 0.2) is 5.56 Å². The molecule has 3 amide bonds. The van der Waals surface area contributed by atoms with Crippen molar-refractivity contribution in [2.75, 3.05) is 40.4 Å². The van der Waals surface area contributed by atoms with E-state index in [1.54, 1.807) is 9.80 Å². The van der Waals surface area contributed by atoms with Crippen LogP contribution in [-0.4, -0.2) is 78.1 Å². The number of aromatic nitrogens is 2. The minimum atomic E-state index is -0.242. The van der Waals surface area contributed by atoms with E-state index in [2.05, 4.69) is 15.3 Å². The van der Waals surface area contributed by atoms with Gasteiger partial charge in [-0.25, -0.2) is 14.8 Å². The van der Waals surface area contributed by atoms with Crippen molar-refractivity contribution in [3.8, 4) is 11.8 Å². The molecule has 2 aliphatic heterocycles. The maximum absolute atomic E-state index is 13.0. The Labute approximate surface area is 139 Å². The average molecular weight is 335 g/mol. The Morgan fingerprint density at radius 2 is 1.96 bits per heavy atom. The van der Waals surface area contributed by atoms with Crippen LogP contribution in [0.4, 0.5) is 4.79 Å². The zero-order chi connectivity index (χ0) is 17.1. The second-order valence-corrected chi connectivity index (χ2v) is 5.74. The normalized spacial score (nSPS) is 20.8.